The Morgan fingerprint density at radius 3 is 2.85 bits per heavy atom. The summed E-state index contributed by atoms with van der Waals surface area (Å²) < 4.78 is 2.04. The van der Waals surface area contributed by atoms with Crippen molar-refractivity contribution in [3.8, 4) is 0 Å². The van der Waals surface area contributed by atoms with Crippen LogP contribution >= 0.6 is 0 Å². The number of allylic oxidation sites excluding steroid dienone is 1. The lowest BCUT2D eigenvalue weighted by atomic mass is 10.1. The Morgan fingerprint density at radius 2 is 2.04 bits per heavy atom. The van der Waals surface area contributed by atoms with E-state index < -0.39 is 0 Å². The molecule has 1 aromatic carbocycles. The van der Waals surface area contributed by atoms with E-state index in [0.29, 0.717) is 0 Å². The van der Waals surface area contributed by atoms with Gasteiger partial charge in [0, 0.05) is 61.0 Å². The fourth-order valence-electron chi connectivity index (χ4n) is 3.60. The second kappa shape index (κ2) is 5.84. The Balaban J connectivity index is 1.46. The highest BCUT2D eigenvalue weighted by atomic mass is 16.1. The summed E-state index contributed by atoms with van der Waals surface area (Å²) in [6.45, 7) is 1.62. The van der Waals surface area contributed by atoms with Gasteiger partial charge < -0.3 is 14.8 Å². The number of carbonyl (C=O) groups is 1. The summed E-state index contributed by atoms with van der Waals surface area (Å²) >= 11 is 0. The van der Waals surface area contributed by atoms with Crippen molar-refractivity contribution in [2.24, 2.45) is 4.99 Å². The molecule has 2 aromatic rings. The Kier molecular flexibility index (Phi) is 3.35. The summed E-state index contributed by atoms with van der Waals surface area (Å²) in [6.07, 6.45) is 11.6. The van der Waals surface area contributed by atoms with E-state index in [1.165, 1.54) is 5.56 Å². The first-order valence-corrected chi connectivity index (χ1v) is 8.61. The number of nitrogens with zero attached hydrogens (tertiary/aromatic N) is 4. The van der Waals surface area contributed by atoms with Crippen molar-refractivity contribution in [1.29, 1.82) is 0 Å². The highest BCUT2D eigenvalue weighted by Gasteiger charge is 2.32. The van der Waals surface area contributed by atoms with Gasteiger partial charge in [0.25, 0.3) is 0 Å². The van der Waals surface area contributed by atoms with E-state index in [1.807, 2.05) is 29.4 Å². The average molecular weight is 343 g/mol. The van der Waals surface area contributed by atoms with Crippen molar-refractivity contribution >= 4 is 11.7 Å². The fraction of sp³-hybridized carbons (Fsp3) is 0.150. The van der Waals surface area contributed by atoms with Crippen molar-refractivity contribution in [2.75, 3.05) is 6.54 Å². The number of imidazole rings is 1. The van der Waals surface area contributed by atoms with E-state index >= 15 is 0 Å². The van der Waals surface area contributed by atoms with Crippen molar-refractivity contribution in [1.82, 2.24) is 19.8 Å². The first-order valence-electron chi connectivity index (χ1n) is 8.61. The van der Waals surface area contributed by atoms with Crippen molar-refractivity contribution in [3.05, 3.63) is 89.4 Å². The van der Waals surface area contributed by atoms with Gasteiger partial charge in [-0.05, 0) is 11.6 Å². The molecule has 0 fully saturated rings. The van der Waals surface area contributed by atoms with Crippen LogP contribution in [0.5, 0.6) is 0 Å². The van der Waals surface area contributed by atoms with Crippen molar-refractivity contribution in [3.63, 3.8) is 0 Å². The second-order valence-electron chi connectivity index (χ2n) is 6.52. The van der Waals surface area contributed by atoms with Crippen LogP contribution in [-0.2, 0) is 11.3 Å². The van der Waals surface area contributed by atoms with Crippen LogP contribution in [-0.4, -0.2) is 32.7 Å². The van der Waals surface area contributed by atoms with Crippen LogP contribution in [0.4, 0.5) is 0 Å². The number of rotatable bonds is 3. The maximum atomic E-state index is 11.8. The van der Waals surface area contributed by atoms with Gasteiger partial charge in [0.15, 0.2) is 0 Å². The zero-order valence-corrected chi connectivity index (χ0v) is 14.1. The molecule has 1 N–H and O–H groups in total. The molecule has 26 heavy (non-hydrogen) atoms. The van der Waals surface area contributed by atoms with Gasteiger partial charge in [-0.3, -0.25) is 4.79 Å². The number of carbonyl (C=O) groups excluding carboxylic acids is 1. The first kappa shape index (κ1) is 14.9. The van der Waals surface area contributed by atoms with Crippen LogP contribution in [0.2, 0.25) is 0 Å². The maximum absolute atomic E-state index is 11.8. The Hall–Kier alpha value is -3.41. The molecule has 128 valence electrons. The Morgan fingerprint density at radius 1 is 1.15 bits per heavy atom. The van der Waals surface area contributed by atoms with Gasteiger partial charge in [0.05, 0.1) is 12.0 Å². The Labute approximate surface area is 150 Å². The molecule has 1 aromatic heterocycles. The van der Waals surface area contributed by atoms with Crippen LogP contribution < -0.4 is 5.32 Å². The average Bonchev–Trinajstić information content (AvgIpc) is 3.28. The molecule has 0 spiro atoms. The van der Waals surface area contributed by atoms with Gasteiger partial charge >= 0.3 is 0 Å². The molecule has 0 saturated carbocycles. The second-order valence-corrected chi connectivity index (χ2v) is 6.52. The van der Waals surface area contributed by atoms with Gasteiger partial charge in [0.2, 0.25) is 5.91 Å². The quantitative estimate of drug-likeness (QED) is 0.929. The predicted molar refractivity (Wildman–Crippen MR) is 98.0 cm³/mol. The zero-order chi connectivity index (χ0) is 17.5. The molecule has 0 saturated heterocycles. The van der Waals surface area contributed by atoms with Gasteiger partial charge in [-0.25, -0.2) is 9.98 Å². The lowest BCUT2D eigenvalue weighted by molar-refractivity contribution is -0.115. The minimum atomic E-state index is -0.0740. The van der Waals surface area contributed by atoms with Crippen LogP contribution in [0.1, 0.15) is 17.5 Å². The summed E-state index contributed by atoms with van der Waals surface area (Å²) in [7, 11) is 0. The molecule has 0 aliphatic carbocycles. The van der Waals surface area contributed by atoms with Crippen molar-refractivity contribution in [2.45, 2.75) is 13.0 Å². The van der Waals surface area contributed by atoms with Gasteiger partial charge in [0.1, 0.15) is 5.84 Å². The van der Waals surface area contributed by atoms with E-state index in [-0.39, 0.29) is 5.91 Å². The summed E-state index contributed by atoms with van der Waals surface area (Å²) in [5.41, 5.74) is 5.32. The molecule has 6 heteroatoms. The summed E-state index contributed by atoms with van der Waals surface area (Å²) in [4.78, 5) is 22.8. The predicted octanol–water partition coefficient (Wildman–Crippen LogP) is 2.18. The number of nitrogens with one attached hydrogen (secondary N) is 1. The monoisotopic (exact) mass is 343 g/mol. The third-order valence-electron chi connectivity index (χ3n) is 4.82. The molecule has 6 nitrogen and oxygen atoms in total. The molecule has 0 bridgehead atoms. The van der Waals surface area contributed by atoms with Crippen LogP contribution in [0.25, 0.3) is 0 Å². The molecule has 5 rings (SSSR count). The van der Waals surface area contributed by atoms with Crippen molar-refractivity contribution < 1.29 is 4.79 Å². The normalized spacial score (nSPS) is 18.3. The number of amidine groups is 1. The van der Waals surface area contributed by atoms with Gasteiger partial charge in [-0.2, -0.15) is 0 Å². The van der Waals surface area contributed by atoms with Gasteiger partial charge in [-0.1, -0.05) is 24.3 Å². The SMILES string of the molecule is O=C1C=CC2=CN=C(c3ccc(Cn4ccnc4)cc3)N3CCC(=C23)N1. The molecule has 0 radical (unpaired) electrons. The minimum Gasteiger partial charge on any atom is -0.333 e. The molecule has 0 atom stereocenters. The first-order chi connectivity index (χ1) is 12.8. The lowest BCUT2D eigenvalue weighted by Gasteiger charge is -2.27. The lowest BCUT2D eigenvalue weighted by Crippen LogP contribution is -2.31. The zero-order valence-electron chi connectivity index (χ0n) is 14.1. The molecular weight excluding hydrogens is 326 g/mol. The smallest absolute Gasteiger partial charge is 0.248 e. The number of benzene rings is 1. The molecule has 3 aliphatic heterocycles. The Bertz CT molecular complexity index is 993. The summed E-state index contributed by atoms with van der Waals surface area (Å²) in [5.74, 6) is 0.854. The topological polar surface area (TPSA) is 62.5 Å². The van der Waals surface area contributed by atoms with E-state index in [1.54, 1.807) is 12.3 Å². The van der Waals surface area contributed by atoms with Crippen LogP contribution in [0, 0.1) is 0 Å². The number of amides is 1. The maximum Gasteiger partial charge on any atom is 0.248 e. The molecule has 0 unspecified atom stereocenters. The number of aliphatic imine (C=N–C) groups is 1. The third kappa shape index (κ3) is 2.47. The van der Waals surface area contributed by atoms with E-state index in [9.17, 15) is 4.79 Å². The van der Waals surface area contributed by atoms with Crippen LogP contribution in [0.15, 0.2) is 83.3 Å². The number of aromatic nitrogens is 2. The summed E-state index contributed by atoms with van der Waals surface area (Å²) in [6, 6.07) is 8.45. The third-order valence-corrected chi connectivity index (χ3v) is 4.82. The van der Waals surface area contributed by atoms with E-state index in [2.05, 4.69) is 44.5 Å². The van der Waals surface area contributed by atoms with Crippen LogP contribution in [0.3, 0.4) is 0 Å². The number of hydrogen-bond donors (Lipinski definition) is 1. The molecule has 3 aliphatic rings. The molecule has 4 heterocycles. The highest BCUT2D eigenvalue weighted by molar-refractivity contribution is 6.02. The highest BCUT2D eigenvalue weighted by Crippen LogP contribution is 2.34. The fourth-order valence-corrected chi connectivity index (χ4v) is 3.60. The molecule has 1 amide bonds. The van der Waals surface area contributed by atoms with E-state index in [0.717, 1.165) is 47.9 Å². The summed E-state index contributed by atoms with van der Waals surface area (Å²) in [5, 5.41) is 2.98. The molecular formula is C20H17N5O. The van der Waals surface area contributed by atoms with Gasteiger partial charge in [-0.15, -0.1) is 0 Å². The minimum absolute atomic E-state index is 0.0740. The van der Waals surface area contributed by atoms with E-state index in [4.69, 9.17) is 0 Å². The standard InChI is InChI=1S/C20H17N5O/c26-18-6-5-16-11-22-20(25-9-7-17(23-18)19(16)25)15-3-1-14(2-4-15)12-24-10-8-21-13-24/h1-6,8,10-11,13H,7,9,12H2,(H,23,26). The largest absolute Gasteiger partial charge is 0.333 e. The number of hydrogen-bond acceptors (Lipinski definition) is 4.